The third kappa shape index (κ3) is 5.51. The summed E-state index contributed by atoms with van der Waals surface area (Å²) in [6, 6.07) is 75.7. The zero-order valence-electron chi connectivity index (χ0n) is 32.0. The van der Waals surface area contributed by atoms with Crippen molar-refractivity contribution in [2.45, 2.75) is 0 Å². The van der Waals surface area contributed by atoms with Crippen LogP contribution in [-0.2, 0) is 0 Å². The average Bonchev–Trinajstić information content (AvgIpc) is 3.89. The van der Waals surface area contributed by atoms with E-state index in [1.54, 1.807) is 0 Å². The smallest absolute Gasteiger partial charge is 0.143 e. The first-order valence-electron chi connectivity index (χ1n) is 20.1. The van der Waals surface area contributed by atoms with E-state index in [1.807, 2.05) is 12.1 Å². The first-order chi connectivity index (χ1) is 29.2. The molecule has 0 bridgehead atoms. The second-order valence-corrected chi connectivity index (χ2v) is 15.3. The van der Waals surface area contributed by atoms with E-state index in [9.17, 15) is 0 Å². The molecule has 59 heavy (non-hydrogen) atoms. The molecule has 0 atom stereocenters. The fraction of sp³-hybridized carbons (Fsp3) is 0. The number of fused-ring (bicyclic) bond motifs is 9. The number of benzene rings is 10. The Bertz CT molecular complexity index is 3550. The van der Waals surface area contributed by atoms with Crippen LogP contribution in [0.1, 0.15) is 0 Å². The summed E-state index contributed by atoms with van der Waals surface area (Å²) in [6.07, 6.45) is 0. The summed E-state index contributed by atoms with van der Waals surface area (Å²) in [4.78, 5) is 2.36. The van der Waals surface area contributed by atoms with Gasteiger partial charge in [0.2, 0.25) is 0 Å². The quantitative estimate of drug-likeness (QED) is 0.169. The third-order valence-electron chi connectivity index (χ3n) is 11.9. The summed E-state index contributed by atoms with van der Waals surface area (Å²) in [6.45, 7) is 0. The number of rotatable bonds is 6. The third-order valence-corrected chi connectivity index (χ3v) is 11.9. The summed E-state index contributed by atoms with van der Waals surface area (Å²) >= 11 is 0. The molecule has 3 nitrogen and oxygen atoms in total. The van der Waals surface area contributed by atoms with Gasteiger partial charge in [0.1, 0.15) is 22.3 Å². The molecule has 0 amide bonds. The van der Waals surface area contributed by atoms with E-state index in [0.717, 1.165) is 88.4 Å². The average molecular weight is 754 g/mol. The Morgan fingerprint density at radius 1 is 0.305 bits per heavy atom. The Hall–Kier alpha value is -7.88. The molecule has 0 saturated carbocycles. The normalized spacial score (nSPS) is 11.7. The van der Waals surface area contributed by atoms with Crippen LogP contribution in [0.4, 0.5) is 17.1 Å². The lowest BCUT2D eigenvalue weighted by molar-refractivity contribution is 0.670. The van der Waals surface area contributed by atoms with Crippen LogP contribution in [0.25, 0.3) is 98.8 Å². The molecule has 2 heterocycles. The lowest BCUT2D eigenvalue weighted by Gasteiger charge is -2.27. The molecule has 0 aliphatic heterocycles. The van der Waals surface area contributed by atoms with E-state index in [2.05, 4.69) is 205 Å². The van der Waals surface area contributed by atoms with Gasteiger partial charge in [-0.25, -0.2) is 0 Å². The molecule has 3 heteroatoms. The van der Waals surface area contributed by atoms with Gasteiger partial charge in [-0.3, -0.25) is 0 Å². The highest BCUT2D eigenvalue weighted by atomic mass is 16.3. The predicted molar refractivity (Wildman–Crippen MR) is 247 cm³/mol. The molecule has 0 saturated heterocycles. The molecular formula is C56H35NO2. The van der Waals surface area contributed by atoms with Crippen LogP contribution < -0.4 is 4.90 Å². The van der Waals surface area contributed by atoms with Crippen molar-refractivity contribution < 1.29 is 8.83 Å². The minimum atomic E-state index is 0.852. The fourth-order valence-corrected chi connectivity index (χ4v) is 8.96. The minimum Gasteiger partial charge on any atom is -0.455 e. The predicted octanol–water partition coefficient (Wildman–Crippen LogP) is 16.3. The number of furan rings is 2. The van der Waals surface area contributed by atoms with Gasteiger partial charge in [-0.1, -0.05) is 158 Å². The van der Waals surface area contributed by atoms with E-state index in [1.165, 1.54) is 27.5 Å². The molecule has 0 aliphatic carbocycles. The van der Waals surface area contributed by atoms with E-state index >= 15 is 0 Å². The molecule has 12 rings (SSSR count). The second kappa shape index (κ2) is 13.4. The van der Waals surface area contributed by atoms with Crippen molar-refractivity contribution in [2.24, 2.45) is 0 Å². The molecule has 10 aromatic carbocycles. The van der Waals surface area contributed by atoms with Crippen molar-refractivity contribution >= 4 is 82.5 Å². The molecule has 0 fully saturated rings. The summed E-state index contributed by atoms with van der Waals surface area (Å²) < 4.78 is 13.2. The van der Waals surface area contributed by atoms with Crippen LogP contribution in [0.3, 0.4) is 0 Å². The lowest BCUT2D eigenvalue weighted by atomic mass is 9.98. The van der Waals surface area contributed by atoms with Gasteiger partial charge in [0.05, 0.1) is 11.1 Å². The van der Waals surface area contributed by atoms with E-state index < -0.39 is 0 Å². The SMILES string of the molecule is c1cc(-c2cccc3c2oc2ccccc23)cc(N(c2ccc(-c3ccc(-c4ccc5ccccc5c4)cc3)cc2)c2cccc3oc4c5ccccc5ccc4c23)c1. The van der Waals surface area contributed by atoms with Crippen molar-refractivity contribution in [3.05, 3.63) is 212 Å². The van der Waals surface area contributed by atoms with Crippen LogP contribution in [0.2, 0.25) is 0 Å². The van der Waals surface area contributed by atoms with Crippen molar-refractivity contribution in [3.8, 4) is 33.4 Å². The van der Waals surface area contributed by atoms with Crippen molar-refractivity contribution in [1.82, 2.24) is 0 Å². The van der Waals surface area contributed by atoms with Gasteiger partial charge >= 0.3 is 0 Å². The van der Waals surface area contributed by atoms with Crippen molar-refractivity contribution in [3.63, 3.8) is 0 Å². The number of hydrogen-bond acceptors (Lipinski definition) is 3. The number of anilines is 3. The summed E-state index contributed by atoms with van der Waals surface area (Å²) in [5, 5.41) is 9.17. The Kier molecular flexibility index (Phi) is 7.54. The summed E-state index contributed by atoms with van der Waals surface area (Å²) in [5.74, 6) is 0. The Morgan fingerprint density at radius 2 is 0.915 bits per heavy atom. The van der Waals surface area contributed by atoms with E-state index in [-0.39, 0.29) is 0 Å². The number of hydrogen-bond donors (Lipinski definition) is 0. The van der Waals surface area contributed by atoms with Crippen LogP contribution in [0.15, 0.2) is 221 Å². The standard InChI is InChI=1S/C56H35NO2/c1-2-12-41-34-42(27-26-36(41)10-1)39-24-22-37(23-25-39)38-28-31-44(32-29-38)57(51-19-9-21-53-54(51)50-33-30-40-11-3-4-15-46(40)56(50)59-53)45-14-7-13-43(35-45)47-17-8-18-49-48-16-5-6-20-52(48)58-55(47)49/h1-35H. The largest absolute Gasteiger partial charge is 0.455 e. The number of para-hydroxylation sites is 2. The Labute approximate surface area is 340 Å². The zero-order chi connectivity index (χ0) is 38.9. The molecule has 0 radical (unpaired) electrons. The number of nitrogens with zero attached hydrogens (tertiary/aromatic N) is 1. The van der Waals surface area contributed by atoms with Gasteiger partial charge in [-0.05, 0) is 98.6 Å². The molecule has 0 N–H and O–H groups in total. The molecular weight excluding hydrogens is 719 g/mol. The van der Waals surface area contributed by atoms with Crippen molar-refractivity contribution in [2.75, 3.05) is 4.90 Å². The van der Waals surface area contributed by atoms with Crippen LogP contribution in [0, 0.1) is 0 Å². The molecule has 276 valence electrons. The molecule has 12 aromatic rings. The van der Waals surface area contributed by atoms with Crippen LogP contribution in [0.5, 0.6) is 0 Å². The summed E-state index contributed by atoms with van der Waals surface area (Å²) in [7, 11) is 0. The molecule has 0 unspecified atom stereocenters. The van der Waals surface area contributed by atoms with Gasteiger partial charge in [-0.2, -0.15) is 0 Å². The highest BCUT2D eigenvalue weighted by molar-refractivity contribution is 6.19. The monoisotopic (exact) mass is 753 g/mol. The first-order valence-corrected chi connectivity index (χ1v) is 20.1. The topological polar surface area (TPSA) is 29.5 Å². The maximum Gasteiger partial charge on any atom is 0.143 e. The highest BCUT2D eigenvalue weighted by Gasteiger charge is 2.21. The molecule has 2 aromatic heterocycles. The minimum absolute atomic E-state index is 0.852. The van der Waals surface area contributed by atoms with Crippen LogP contribution >= 0.6 is 0 Å². The van der Waals surface area contributed by atoms with Gasteiger partial charge in [-0.15, -0.1) is 0 Å². The molecule has 0 spiro atoms. The first kappa shape index (κ1) is 33.3. The Morgan fingerprint density at radius 3 is 1.76 bits per heavy atom. The fourth-order valence-electron chi connectivity index (χ4n) is 8.96. The maximum atomic E-state index is 6.70. The maximum absolute atomic E-state index is 6.70. The summed E-state index contributed by atoms with van der Waals surface area (Å²) in [5.41, 5.74) is 13.5. The van der Waals surface area contributed by atoms with E-state index in [4.69, 9.17) is 8.83 Å². The Balaban J connectivity index is 0.993. The van der Waals surface area contributed by atoms with Gasteiger partial charge in [0.25, 0.3) is 0 Å². The van der Waals surface area contributed by atoms with Gasteiger partial charge in [0, 0.05) is 38.5 Å². The van der Waals surface area contributed by atoms with E-state index in [0.29, 0.717) is 0 Å². The highest BCUT2D eigenvalue weighted by Crippen LogP contribution is 2.46. The van der Waals surface area contributed by atoms with Gasteiger partial charge < -0.3 is 13.7 Å². The zero-order valence-corrected chi connectivity index (χ0v) is 32.0. The van der Waals surface area contributed by atoms with Gasteiger partial charge in [0.15, 0.2) is 0 Å². The molecule has 0 aliphatic rings. The second-order valence-electron chi connectivity index (χ2n) is 15.3. The van der Waals surface area contributed by atoms with Crippen molar-refractivity contribution in [1.29, 1.82) is 0 Å². The lowest BCUT2D eigenvalue weighted by Crippen LogP contribution is -2.10. The van der Waals surface area contributed by atoms with Crippen LogP contribution in [-0.4, -0.2) is 0 Å².